The molecule has 3 heterocycles. The van der Waals surface area contributed by atoms with Crippen molar-refractivity contribution in [3.8, 4) is 0 Å². The molecule has 1 aromatic carbocycles. The average molecular weight is 411 g/mol. The number of rotatable bonds is 6. The molecule has 1 atom stereocenters. The van der Waals surface area contributed by atoms with E-state index in [2.05, 4.69) is 10.3 Å². The topological polar surface area (TPSA) is 102 Å². The van der Waals surface area contributed by atoms with Crippen molar-refractivity contribution >= 4 is 22.9 Å². The van der Waals surface area contributed by atoms with Crippen molar-refractivity contribution in [3.63, 3.8) is 0 Å². The van der Waals surface area contributed by atoms with Crippen LogP contribution in [-0.2, 0) is 18.4 Å². The number of piperidine rings is 1. The third-order valence-corrected chi connectivity index (χ3v) is 5.57. The fourth-order valence-electron chi connectivity index (χ4n) is 3.94. The van der Waals surface area contributed by atoms with Crippen molar-refractivity contribution in [1.29, 1.82) is 0 Å². The molecule has 30 heavy (non-hydrogen) atoms. The van der Waals surface area contributed by atoms with Gasteiger partial charge in [-0.1, -0.05) is 0 Å². The van der Waals surface area contributed by atoms with Crippen LogP contribution in [0.1, 0.15) is 29.6 Å². The van der Waals surface area contributed by atoms with Crippen LogP contribution in [0.25, 0.3) is 11.1 Å². The average Bonchev–Trinajstić information content (AvgIpc) is 3.36. The number of imidazole rings is 1. The summed E-state index contributed by atoms with van der Waals surface area (Å²) in [6, 6.07) is 5.02. The number of nitrogens with zero attached hydrogens (tertiary/aromatic N) is 4. The van der Waals surface area contributed by atoms with Crippen LogP contribution in [0.15, 0.2) is 46.1 Å². The molecule has 0 radical (unpaired) electrons. The van der Waals surface area contributed by atoms with Gasteiger partial charge in [0.1, 0.15) is 0 Å². The van der Waals surface area contributed by atoms with Gasteiger partial charge in [0.25, 0.3) is 5.91 Å². The van der Waals surface area contributed by atoms with Crippen molar-refractivity contribution in [3.05, 3.63) is 53.0 Å². The van der Waals surface area contributed by atoms with Crippen LogP contribution < -0.4 is 11.1 Å². The SMILES string of the molecule is Cn1c(=O)oc2ccc(C(=O)N3CCC[C@@H](CC(=O)NCCn4ccnc4)C3)cc21. The smallest absolute Gasteiger partial charge is 0.408 e. The predicted octanol–water partition coefficient (Wildman–Crippen LogP) is 1.39. The van der Waals surface area contributed by atoms with Crippen molar-refractivity contribution in [2.75, 3.05) is 19.6 Å². The normalized spacial score (nSPS) is 16.7. The predicted molar refractivity (Wildman–Crippen MR) is 110 cm³/mol. The number of carbonyl (C=O) groups is 2. The Morgan fingerprint density at radius 3 is 3.00 bits per heavy atom. The maximum Gasteiger partial charge on any atom is 0.419 e. The molecule has 0 unspecified atom stereocenters. The monoisotopic (exact) mass is 411 g/mol. The maximum atomic E-state index is 13.0. The van der Waals surface area contributed by atoms with E-state index in [1.165, 1.54) is 4.57 Å². The van der Waals surface area contributed by atoms with Gasteiger partial charge in [-0.3, -0.25) is 14.2 Å². The summed E-state index contributed by atoms with van der Waals surface area (Å²) in [7, 11) is 1.62. The van der Waals surface area contributed by atoms with Crippen molar-refractivity contribution < 1.29 is 14.0 Å². The molecule has 1 N–H and O–H groups in total. The summed E-state index contributed by atoms with van der Waals surface area (Å²) >= 11 is 0. The first kappa shape index (κ1) is 19.9. The second-order valence-corrected chi connectivity index (χ2v) is 7.72. The Labute approximate surface area is 173 Å². The Morgan fingerprint density at radius 1 is 1.33 bits per heavy atom. The number of aryl methyl sites for hydroxylation is 1. The summed E-state index contributed by atoms with van der Waals surface area (Å²) in [6.07, 6.45) is 7.48. The zero-order valence-electron chi connectivity index (χ0n) is 16.9. The van der Waals surface area contributed by atoms with E-state index < -0.39 is 5.76 Å². The van der Waals surface area contributed by atoms with Crippen LogP contribution >= 0.6 is 0 Å². The highest BCUT2D eigenvalue weighted by Gasteiger charge is 2.26. The van der Waals surface area contributed by atoms with Gasteiger partial charge in [-0.2, -0.15) is 0 Å². The molecule has 0 aliphatic carbocycles. The molecular weight excluding hydrogens is 386 g/mol. The van der Waals surface area contributed by atoms with Gasteiger partial charge >= 0.3 is 5.76 Å². The molecule has 1 aliphatic heterocycles. The molecule has 4 rings (SSSR count). The molecule has 1 aliphatic rings. The number of hydrogen-bond acceptors (Lipinski definition) is 5. The maximum absolute atomic E-state index is 13.0. The quantitative estimate of drug-likeness (QED) is 0.660. The van der Waals surface area contributed by atoms with E-state index in [1.54, 1.807) is 42.7 Å². The van der Waals surface area contributed by atoms with E-state index >= 15 is 0 Å². The Morgan fingerprint density at radius 2 is 2.20 bits per heavy atom. The second kappa shape index (κ2) is 8.56. The van der Waals surface area contributed by atoms with Crippen molar-refractivity contribution in [2.45, 2.75) is 25.8 Å². The lowest BCUT2D eigenvalue weighted by Crippen LogP contribution is -2.41. The van der Waals surface area contributed by atoms with E-state index in [1.807, 2.05) is 10.8 Å². The number of amides is 2. The number of oxazole rings is 1. The molecule has 0 bridgehead atoms. The number of likely N-dealkylation sites (tertiary alicyclic amines) is 1. The van der Waals surface area contributed by atoms with Crippen LogP contribution in [0.4, 0.5) is 0 Å². The number of nitrogens with one attached hydrogen (secondary N) is 1. The molecule has 2 aromatic heterocycles. The van der Waals surface area contributed by atoms with Crippen LogP contribution in [0, 0.1) is 5.92 Å². The number of fused-ring (bicyclic) bond motifs is 1. The summed E-state index contributed by atoms with van der Waals surface area (Å²) in [5.41, 5.74) is 1.57. The Balaban J connectivity index is 1.34. The molecule has 9 nitrogen and oxygen atoms in total. The van der Waals surface area contributed by atoms with Gasteiger partial charge in [0.2, 0.25) is 5.91 Å². The first-order chi connectivity index (χ1) is 14.5. The third-order valence-electron chi connectivity index (χ3n) is 5.57. The summed E-state index contributed by atoms with van der Waals surface area (Å²) in [4.78, 5) is 42.7. The summed E-state index contributed by atoms with van der Waals surface area (Å²) < 4.78 is 8.43. The Kier molecular flexibility index (Phi) is 5.69. The van der Waals surface area contributed by atoms with Crippen LogP contribution in [-0.4, -0.2) is 50.5 Å². The number of aromatic nitrogens is 3. The van der Waals surface area contributed by atoms with Gasteiger partial charge < -0.3 is 19.2 Å². The van der Waals surface area contributed by atoms with Gasteiger partial charge in [0.15, 0.2) is 5.58 Å². The molecule has 2 amide bonds. The number of benzene rings is 1. The van der Waals surface area contributed by atoms with E-state index in [0.29, 0.717) is 49.3 Å². The van der Waals surface area contributed by atoms with Gasteiger partial charge in [0, 0.05) is 57.6 Å². The second-order valence-electron chi connectivity index (χ2n) is 7.72. The summed E-state index contributed by atoms with van der Waals surface area (Å²) in [5, 5.41) is 2.94. The number of carbonyl (C=O) groups excluding carboxylic acids is 2. The van der Waals surface area contributed by atoms with Gasteiger partial charge in [-0.15, -0.1) is 0 Å². The highest BCUT2D eigenvalue weighted by atomic mass is 16.4. The first-order valence-corrected chi connectivity index (χ1v) is 10.1. The molecule has 9 heteroatoms. The molecule has 1 fully saturated rings. The standard InChI is InChI=1S/C21H25N5O4/c1-24-17-12-16(4-5-18(17)30-21(24)29)20(28)26-8-2-3-15(13-26)11-19(27)23-7-10-25-9-6-22-14-25/h4-6,9,12,14-15H,2-3,7-8,10-11,13H2,1H3,(H,23,27)/t15-/m0/s1. The van der Waals surface area contributed by atoms with Crippen LogP contribution in [0.3, 0.4) is 0 Å². The van der Waals surface area contributed by atoms with E-state index in [-0.39, 0.29) is 17.7 Å². The molecule has 158 valence electrons. The minimum atomic E-state index is -0.452. The molecule has 0 saturated carbocycles. The van der Waals surface area contributed by atoms with Gasteiger partial charge in [-0.25, -0.2) is 9.78 Å². The third kappa shape index (κ3) is 4.29. The van der Waals surface area contributed by atoms with Crippen LogP contribution in [0.2, 0.25) is 0 Å². The fourth-order valence-corrected chi connectivity index (χ4v) is 3.94. The first-order valence-electron chi connectivity index (χ1n) is 10.1. The van der Waals surface area contributed by atoms with Crippen molar-refractivity contribution in [1.82, 2.24) is 24.3 Å². The molecule has 0 spiro atoms. The van der Waals surface area contributed by atoms with Crippen molar-refractivity contribution in [2.24, 2.45) is 13.0 Å². The molecule has 1 saturated heterocycles. The Hall–Kier alpha value is -3.36. The van der Waals surface area contributed by atoms with Gasteiger partial charge in [-0.05, 0) is 37.0 Å². The summed E-state index contributed by atoms with van der Waals surface area (Å²) in [5.74, 6) is -0.398. The highest BCUT2D eigenvalue weighted by Crippen LogP contribution is 2.22. The fraction of sp³-hybridized carbons (Fsp3) is 0.429. The van der Waals surface area contributed by atoms with E-state index in [9.17, 15) is 14.4 Å². The van der Waals surface area contributed by atoms with Crippen LogP contribution in [0.5, 0.6) is 0 Å². The lowest BCUT2D eigenvalue weighted by atomic mass is 9.94. The lowest BCUT2D eigenvalue weighted by molar-refractivity contribution is -0.122. The Bertz CT molecular complexity index is 1100. The number of hydrogen-bond donors (Lipinski definition) is 1. The minimum Gasteiger partial charge on any atom is -0.408 e. The van der Waals surface area contributed by atoms with E-state index in [4.69, 9.17) is 4.42 Å². The zero-order chi connectivity index (χ0) is 21.1. The largest absolute Gasteiger partial charge is 0.419 e. The highest BCUT2D eigenvalue weighted by molar-refractivity contribution is 5.97. The summed E-state index contributed by atoms with van der Waals surface area (Å²) in [6.45, 7) is 2.45. The van der Waals surface area contributed by atoms with Gasteiger partial charge in [0.05, 0.1) is 11.8 Å². The van der Waals surface area contributed by atoms with E-state index in [0.717, 1.165) is 12.8 Å². The molecule has 3 aromatic rings. The lowest BCUT2D eigenvalue weighted by Gasteiger charge is -2.32. The minimum absolute atomic E-state index is 0.00392. The zero-order valence-corrected chi connectivity index (χ0v) is 16.9. The molecular formula is C21H25N5O4.